The van der Waals surface area contributed by atoms with Gasteiger partial charge in [0.2, 0.25) is 0 Å². The zero-order chi connectivity index (χ0) is 11.9. The fraction of sp³-hybridized carbons (Fsp3) is 0. The Balaban J connectivity index is 0.00000144. The Morgan fingerprint density at radius 1 is 1.24 bits per heavy atom. The molecule has 0 bridgehead atoms. The number of aromatic nitrogens is 3. The predicted octanol–water partition coefficient (Wildman–Crippen LogP) is 1.43. The van der Waals surface area contributed by atoms with Crippen molar-refractivity contribution in [2.75, 3.05) is 0 Å². The van der Waals surface area contributed by atoms with Crippen molar-refractivity contribution >= 4 is 34.0 Å². The maximum Gasteiger partial charge on any atom is 1.00 e. The number of rotatable bonds is 2. The summed E-state index contributed by atoms with van der Waals surface area (Å²) in [5.74, 6) is 0. The summed E-state index contributed by atoms with van der Waals surface area (Å²) in [5.41, 5.74) is -1.29. The smallest absolute Gasteiger partial charge is 0.258 e. The van der Waals surface area contributed by atoms with Crippen LogP contribution in [0.25, 0.3) is 11.0 Å². The second-order valence-electron chi connectivity index (χ2n) is 2.76. The summed E-state index contributed by atoms with van der Waals surface area (Å²) < 4.78 is 0. The summed E-state index contributed by atoms with van der Waals surface area (Å²) in [5, 5.41) is 30.0. The van der Waals surface area contributed by atoms with Crippen molar-refractivity contribution in [1.82, 2.24) is 15.4 Å². The Hall–Kier alpha value is -1.55. The Kier molecular flexibility index (Phi) is 3.78. The molecule has 0 fully saturated rings. The number of hydrogen-bond acceptors (Lipinski definition) is 6. The van der Waals surface area contributed by atoms with Gasteiger partial charge in [0.05, 0.1) is 9.85 Å². The van der Waals surface area contributed by atoms with Gasteiger partial charge in [0.25, 0.3) is 5.69 Å². The standard InChI is InChI=1S/C6H2ClN5O4.Ag/c7-4-3(11(13)14)1-2-5(9-10-8-2)6(4)12(15)16;/h1H,(H,8,9,10);/q;+1. The minimum atomic E-state index is -0.833. The molecule has 1 aromatic heterocycles. The number of nitro groups is 2. The van der Waals surface area contributed by atoms with Crippen LogP contribution in [0.1, 0.15) is 0 Å². The van der Waals surface area contributed by atoms with Gasteiger partial charge in [-0.15, -0.1) is 5.10 Å². The second-order valence-corrected chi connectivity index (χ2v) is 3.14. The van der Waals surface area contributed by atoms with Crippen LogP contribution in [0.3, 0.4) is 0 Å². The van der Waals surface area contributed by atoms with E-state index in [1.165, 1.54) is 0 Å². The van der Waals surface area contributed by atoms with E-state index >= 15 is 0 Å². The first kappa shape index (κ1) is 13.5. The minimum Gasteiger partial charge on any atom is -0.258 e. The molecule has 0 unspecified atom stereocenters. The van der Waals surface area contributed by atoms with E-state index in [1.54, 1.807) is 0 Å². The van der Waals surface area contributed by atoms with Crippen LogP contribution in [-0.4, -0.2) is 25.3 Å². The van der Waals surface area contributed by atoms with Crippen molar-refractivity contribution in [2.24, 2.45) is 0 Å². The van der Waals surface area contributed by atoms with E-state index in [1.807, 2.05) is 0 Å². The van der Waals surface area contributed by atoms with Gasteiger partial charge in [0.1, 0.15) is 5.52 Å². The molecule has 0 aliphatic carbocycles. The summed E-state index contributed by atoms with van der Waals surface area (Å²) in [6, 6.07) is 1.02. The number of aromatic amines is 1. The molecule has 17 heavy (non-hydrogen) atoms. The Morgan fingerprint density at radius 2 is 1.88 bits per heavy atom. The maximum absolute atomic E-state index is 10.7. The van der Waals surface area contributed by atoms with E-state index in [2.05, 4.69) is 15.4 Å². The molecule has 0 aliphatic heterocycles. The van der Waals surface area contributed by atoms with Crippen LogP contribution >= 0.6 is 11.6 Å². The third kappa shape index (κ3) is 2.13. The molecule has 1 heterocycles. The Morgan fingerprint density at radius 3 is 2.41 bits per heavy atom. The van der Waals surface area contributed by atoms with Crippen molar-refractivity contribution < 1.29 is 32.2 Å². The molecule has 1 aromatic carbocycles. The van der Waals surface area contributed by atoms with Crippen LogP contribution in [0.2, 0.25) is 5.02 Å². The zero-order valence-electron chi connectivity index (χ0n) is 7.68. The monoisotopic (exact) mass is 350 g/mol. The molecule has 0 amide bonds. The van der Waals surface area contributed by atoms with Crippen molar-refractivity contribution in [3.05, 3.63) is 31.3 Å². The van der Waals surface area contributed by atoms with Crippen LogP contribution < -0.4 is 0 Å². The average Bonchev–Trinajstić information content (AvgIpc) is 2.62. The van der Waals surface area contributed by atoms with Crippen molar-refractivity contribution in [1.29, 1.82) is 0 Å². The van der Waals surface area contributed by atoms with Gasteiger partial charge in [0.15, 0.2) is 10.5 Å². The number of benzene rings is 1. The molecular weight excluding hydrogens is 349 g/mol. The van der Waals surface area contributed by atoms with Crippen LogP contribution in [0.4, 0.5) is 11.4 Å². The molecule has 1 N–H and O–H groups in total. The van der Waals surface area contributed by atoms with Gasteiger partial charge >= 0.3 is 28.1 Å². The van der Waals surface area contributed by atoms with Gasteiger partial charge in [-0.3, -0.25) is 20.2 Å². The van der Waals surface area contributed by atoms with E-state index in [9.17, 15) is 20.2 Å². The summed E-state index contributed by atoms with van der Waals surface area (Å²) in [7, 11) is 0. The number of hydrogen-bond donors (Lipinski definition) is 1. The number of halogens is 1. The SMILES string of the molecule is O=[N+]([O-])c1cc2n[nH]nc2c([N+](=O)[O-])c1Cl.[Ag+]. The van der Waals surface area contributed by atoms with Crippen LogP contribution in [0.5, 0.6) is 0 Å². The second kappa shape index (κ2) is 4.75. The number of nitro benzene ring substituents is 2. The van der Waals surface area contributed by atoms with Gasteiger partial charge < -0.3 is 0 Å². The molecule has 0 aliphatic rings. The summed E-state index contributed by atoms with van der Waals surface area (Å²) >= 11 is 5.57. The molecule has 2 aromatic rings. The molecule has 0 saturated carbocycles. The van der Waals surface area contributed by atoms with Gasteiger partial charge in [-0.1, -0.05) is 11.6 Å². The number of nitrogens with one attached hydrogen (secondary N) is 1. The van der Waals surface area contributed by atoms with E-state index in [-0.39, 0.29) is 33.4 Å². The molecule has 0 atom stereocenters. The van der Waals surface area contributed by atoms with Crippen molar-refractivity contribution in [2.45, 2.75) is 0 Å². The van der Waals surface area contributed by atoms with E-state index in [0.717, 1.165) is 6.07 Å². The third-order valence-corrected chi connectivity index (χ3v) is 2.26. The molecule has 9 nitrogen and oxygen atoms in total. The zero-order valence-corrected chi connectivity index (χ0v) is 9.92. The molecule has 0 radical (unpaired) electrons. The number of nitrogens with zero attached hydrogens (tertiary/aromatic N) is 4. The molecular formula is C6H2AgClN5O4+. The maximum atomic E-state index is 10.7. The Bertz CT molecular complexity index is 614. The van der Waals surface area contributed by atoms with Crippen LogP contribution in [0, 0.1) is 20.2 Å². The molecule has 0 saturated heterocycles. The van der Waals surface area contributed by atoms with Gasteiger partial charge in [-0.25, -0.2) is 0 Å². The molecule has 0 spiro atoms. The average molecular weight is 351 g/mol. The van der Waals surface area contributed by atoms with Gasteiger partial charge in [-0.2, -0.15) is 10.3 Å². The molecule has 2 rings (SSSR count). The van der Waals surface area contributed by atoms with Crippen LogP contribution in [-0.2, 0) is 22.4 Å². The fourth-order valence-electron chi connectivity index (χ4n) is 1.23. The first-order valence-corrected chi connectivity index (χ1v) is 4.22. The first-order chi connectivity index (χ1) is 7.52. The first-order valence-electron chi connectivity index (χ1n) is 3.84. The van der Waals surface area contributed by atoms with Gasteiger partial charge in [0, 0.05) is 6.07 Å². The van der Waals surface area contributed by atoms with Crippen molar-refractivity contribution in [3.8, 4) is 0 Å². The largest absolute Gasteiger partial charge is 1.00 e. The predicted molar refractivity (Wildman–Crippen MR) is 52.2 cm³/mol. The summed E-state index contributed by atoms with van der Waals surface area (Å²) in [6.45, 7) is 0. The number of fused-ring (bicyclic) bond motifs is 1. The normalized spacial score (nSPS) is 9.94. The fourth-order valence-corrected chi connectivity index (χ4v) is 1.51. The van der Waals surface area contributed by atoms with Crippen molar-refractivity contribution in [3.63, 3.8) is 0 Å². The quantitative estimate of drug-likeness (QED) is 0.495. The van der Waals surface area contributed by atoms with Crippen LogP contribution in [0.15, 0.2) is 6.07 Å². The van der Waals surface area contributed by atoms with E-state index in [0.29, 0.717) is 0 Å². The topological polar surface area (TPSA) is 128 Å². The summed E-state index contributed by atoms with van der Waals surface area (Å²) in [4.78, 5) is 19.7. The Labute approximate surface area is 113 Å². The molecule has 11 heteroatoms. The number of H-pyrrole nitrogens is 1. The van der Waals surface area contributed by atoms with Gasteiger partial charge in [-0.05, 0) is 0 Å². The minimum absolute atomic E-state index is 0. The molecule has 92 valence electrons. The third-order valence-electron chi connectivity index (χ3n) is 1.88. The summed E-state index contributed by atoms with van der Waals surface area (Å²) in [6.07, 6.45) is 0. The van der Waals surface area contributed by atoms with E-state index < -0.39 is 26.2 Å². The van der Waals surface area contributed by atoms with E-state index in [4.69, 9.17) is 11.6 Å².